The second-order valence-corrected chi connectivity index (χ2v) is 7.40. The van der Waals surface area contributed by atoms with Crippen molar-refractivity contribution in [2.75, 3.05) is 13.1 Å². The van der Waals surface area contributed by atoms with Crippen LogP contribution in [-0.4, -0.2) is 36.9 Å². The molecule has 1 aromatic rings. The average molecular weight is 311 g/mol. The second kappa shape index (κ2) is 6.58. The summed E-state index contributed by atoms with van der Waals surface area (Å²) in [5.74, 6) is -0.399. The van der Waals surface area contributed by atoms with Gasteiger partial charge in [-0.25, -0.2) is 8.42 Å². The number of nitrogens with zero attached hydrogens (tertiary/aromatic N) is 1. The van der Waals surface area contributed by atoms with Crippen LogP contribution in [-0.2, 0) is 21.2 Å². The third-order valence-electron chi connectivity index (χ3n) is 4.01. The quantitative estimate of drug-likeness (QED) is 0.873. The Hall–Kier alpha value is -1.40. The largest absolute Gasteiger partial charge is 0.481 e. The number of aryl methyl sites for hydroxylation is 1. The molecule has 1 N–H and O–H groups in total. The predicted octanol–water partition coefficient (Wildman–Crippen LogP) is 2.12. The summed E-state index contributed by atoms with van der Waals surface area (Å²) < 4.78 is 26.6. The maximum atomic E-state index is 12.5. The third kappa shape index (κ3) is 3.83. The molecule has 0 amide bonds. The van der Waals surface area contributed by atoms with E-state index in [4.69, 9.17) is 5.11 Å². The summed E-state index contributed by atoms with van der Waals surface area (Å²) in [6, 6.07) is 6.55. The normalized spacial score (nSPS) is 19.8. The number of carboxylic acids is 1. The van der Waals surface area contributed by atoms with Crippen LogP contribution in [0.1, 0.15) is 31.7 Å². The molecule has 1 aliphatic heterocycles. The van der Waals surface area contributed by atoms with E-state index in [9.17, 15) is 13.2 Å². The number of carbonyl (C=O) groups is 1. The SMILES string of the molecule is CCC1CCN(S(=O)(=O)c2ccc(CCC(=O)O)cc2)C1. The summed E-state index contributed by atoms with van der Waals surface area (Å²) in [5.41, 5.74) is 0.837. The highest BCUT2D eigenvalue weighted by Gasteiger charge is 2.31. The van der Waals surface area contributed by atoms with Crippen molar-refractivity contribution in [3.05, 3.63) is 29.8 Å². The van der Waals surface area contributed by atoms with Gasteiger partial charge in [0, 0.05) is 19.5 Å². The van der Waals surface area contributed by atoms with Gasteiger partial charge in [-0.1, -0.05) is 25.5 Å². The zero-order valence-corrected chi connectivity index (χ0v) is 13.0. The van der Waals surface area contributed by atoms with Gasteiger partial charge < -0.3 is 5.11 Å². The lowest BCUT2D eigenvalue weighted by Crippen LogP contribution is -2.28. The van der Waals surface area contributed by atoms with Crippen molar-refractivity contribution >= 4 is 16.0 Å². The number of hydrogen-bond donors (Lipinski definition) is 1. The van der Waals surface area contributed by atoms with E-state index in [0.717, 1.165) is 18.4 Å². The molecule has 0 aliphatic carbocycles. The van der Waals surface area contributed by atoms with Gasteiger partial charge in [0.05, 0.1) is 4.90 Å². The van der Waals surface area contributed by atoms with Crippen LogP contribution in [0.15, 0.2) is 29.2 Å². The Labute approximate surface area is 125 Å². The number of benzene rings is 1. The minimum Gasteiger partial charge on any atom is -0.481 e. The molecule has 0 aromatic heterocycles. The third-order valence-corrected chi connectivity index (χ3v) is 5.89. The van der Waals surface area contributed by atoms with E-state index in [0.29, 0.717) is 30.3 Å². The van der Waals surface area contributed by atoms with Gasteiger partial charge in [0.1, 0.15) is 0 Å². The molecule has 1 atom stereocenters. The van der Waals surface area contributed by atoms with Crippen molar-refractivity contribution in [1.82, 2.24) is 4.31 Å². The molecule has 0 radical (unpaired) electrons. The Bertz CT molecular complexity index is 595. The van der Waals surface area contributed by atoms with Crippen LogP contribution in [0.25, 0.3) is 0 Å². The lowest BCUT2D eigenvalue weighted by molar-refractivity contribution is -0.136. The first-order valence-corrected chi connectivity index (χ1v) is 8.68. The van der Waals surface area contributed by atoms with Crippen LogP contribution in [0.4, 0.5) is 0 Å². The minimum absolute atomic E-state index is 0.0520. The van der Waals surface area contributed by atoms with Crippen molar-refractivity contribution < 1.29 is 18.3 Å². The predicted molar refractivity (Wildman–Crippen MR) is 79.6 cm³/mol. The molecule has 5 nitrogen and oxygen atoms in total. The van der Waals surface area contributed by atoms with Crippen molar-refractivity contribution in [3.8, 4) is 0 Å². The molecular weight excluding hydrogens is 290 g/mol. The Balaban J connectivity index is 2.08. The zero-order valence-electron chi connectivity index (χ0n) is 12.2. The van der Waals surface area contributed by atoms with E-state index in [2.05, 4.69) is 6.92 Å². The van der Waals surface area contributed by atoms with Gasteiger partial charge in [0.15, 0.2) is 0 Å². The molecule has 1 unspecified atom stereocenters. The summed E-state index contributed by atoms with van der Waals surface area (Å²) in [5, 5.41) is 8.65. The van der Waals surface area contributed by atoms with Crippen LogP contribution < -0.4 is 0 Å². The molecule has 21 heavy (non-hydrogen) atoms. The van der Waals surface area contributed by atoms with E-state index in [1.165, 1.54) is 0 Å². The first-order valence-electron chi connectivity index (χ1n) is 7.24. The number of aliphatic carboxylic acids is 1. The average Bonchev–Trinajstić information content (AvgIpc) is 2.95. The minimum atomic E-state index is -3.41. The molecule has 1 heterocycles. The summed E-state index contributed by atoms with van der Waals surface area (Å²) in [7, 11) is -3.41. The Morgan fingerprint density at radius 1 is 1.33 bits per heavy atom. The van der Waals surface area contributed by atoms with Gasteiger partial charge in [-0.05, 0) is 36.5 Å². The fourth-order valence-electron chi connectivity index (χ4n) is 2.58. The van der Waals surface area contributed by atoms with Gasteiger partial charge >= 0.3 is 5.97 Å². The van der Waals surface area contributed by atoms with Crippen LogP contribution in [0.2, 0.25) is 0 Å². The molecule has 0 spiro atoms. The van der Waals surface area contributed by atoms with Gasteiger partial charge in [0.2, 0.25) is 10.0 Å². The molecule has 1 aromatic carbocycles. The number of rotatable bonds is 6. The van der Waals surface area contributed by atoms with Crippen LogP contribution in [0.5, 0.6) is 0 Å². The molecule has 2 rings (SSSR count). The van der Waals surface area contributed by atoms with E-state index in [1.54, 1.807) is 28.6 Å². The topological polar surface area (TPSA) is 74.7 Å². The zero-order chi connectivity index (χ0) is 15.5. The smallest absolute Gasteiger partial charge is 0.303 e. The van der Waals surface area contributed by atoms with Gasteiger partial charge in [-0.15, -0.1) is 0 Å². The lowest BCUT2D eigenvalue weighted by Gasteiger charge is -2.16. The van der Waals surface area contributed by atoms with Crippen molar-refractivity contribution in [2.45, 2.75) is 37.5 Å². The van der Waals surface area contributed by atoms with E-state index < -0.39 is 16.0 Å². The molecule has 6 heteroatoms. The first-order chi connectivity index (χ1) is 9.93. The van der Waals surface area contributed by atoms with E-state index in [1.807, 2.05) is 0 Å². The standard InChI is InChI=1S/C15H21NO4S/c1-2-12-9-10-16(11-12)21(19,20)14-6-3-13(4-7-14)5-8-15(17)18/h3-4,6-7,12H,2,5,8-11H2,1H3,(H,17,18). The number of sulfonamides is 1. The van der Waals surface area contributed by atoms with E-state index >= 15 is 0 Å². The Kier molecular flexibility index (Phi) is 5.00. The fraction of sp³-hybridized carbons (Fsp3) is 0.533. The molecule has 0 saturated carbocycles. The summed E-state index contributed by atoms with van der Waals surface area (Å²) in [4.78, 5) is 10.8. The van der Waals surface area contributed by atoms with Crippen LogP contribution in [0, 0.1) is 5.92 Å². The van der Waals surface area contributed by atoms with Crippen molar-refractivity contribution in [2.24, 2.45) is 5.92 Å². The Morgan fingerprint density at radius 2 is 2.00 bits per heavy atom. The lowest BCUT2D eigenvalue weighted by atomic mass is 10.1. The molecule has 116 valence electrons. The fourth-order valence-corrected chi connectivity index (χ4v) is 4.11. The maximum Gasteiger partial charge on any atom is 0.303 e. The highest BCUT2D eigenvalue weighted by molar-refractivity contribution is 7.89. The van der Waals surface area contributed by atoms with Gasteiger partial charge in [-0.3, -0.25) is 4.79 Å². The van der Waals surface area contributed by atoms with E-state index in [-0.39, 0.29) is 6.42 Å². The maximum absolute atomic E-state index is 12.5. The highest BCUT2D eigenvalue weighted by Crippen LogP contribution is 2.26. The Morgan fingerprint density at radius 3 is 2.52 bits per heavy atom. The number of hydrogen-bond acceptors (Lipinski definition) is 3. The van der Waals surface area contributed by atoms with Gasteiger partial charge in [0.25, 0.3) is 0 Å². The summed E-state index contributed by atoms with van der Waals surface area (Å²) in [6.07, 6.45) is 2.39. The van der Waals surface area contributed by atoms with Crippen molar-refractivity contribution in [3.63, 3.8) is 0 Å². The first kappa shape index (κ1) is 16.0. The molecule has 1 fully saturated rings. The monoisotopic (exact) mass is 311 g/mol. The van der Waals surface area contributed by atoms with Gasteiger partial charge in [-0.2, -0.15) is 4.31 Å². The number of carboxylic acid groups (broad SMARTS) is 1. The summed E-state index contributed by atoms with van der Waals surface area (Å²) >= 11 is 0. The second-order valence-electron chi connectivity index (χ2n) is 5.46. The highest BCUT2D eigenvalue weighted by atomic mass is 32.2. The van der Waals surface area contributed by atoms with Crippen LogP contribution in [0.3, 0.4) is 0 Å². The van der Waals surface area contributed by atoms with Crippen molar-refractivity contribution in [1.29, 1.82) is 0 Å². The molecule has 0 bridgehead atoms. The van der Waals surface area contributed by atoms with Crippen LogP contribution >= 0.6 is 0 Å². The molecular formula is C15H21NO4S. The molecule has 1 aliphatic rings. The summed E-state index contributed by atoms with van der Waals surface area (Å²) in [6.45, 7) is 3.26. The molecule has 1 saturated heterocycles.